The summed E-state index contributed by atoms with van der Waals surface area (Å²) in [5, 5.41) is 3.43. The van der Waals surface area contributed by atoms with Gasteiger partial charge in [0, 0.05) is 12.6 Å². The van der Waals surface area contributed by atoms with Crippen LogP contribution in [0.3, 0.4) is 0 Å². The van der Waals surface area contributed by atoms with Gasteiger partial charge in [0.1, 0.15) is 5.75 Å². The molecule has 1 aromatic carbocycles. The van der Waals surface area contributed by atoms with Gasteiger partial charge in [-0.2, -0.15) is 0 Å². The van der Waals surface area contributed by atoms with E-state index in [4.69, 9.17) is 4.74 Å². The lowest BCUT2D eigenvalue weighted by Gasteiger charge is -2.30. The minimum atomic E-state index is 0.131. The Balaban J connectivity index is 1.52. The van der Waals surface area contributed by atoms with E-state index in [2.05, 4.69) is 10.2 Å². The van der Waals surface area contributed by atoms with Crippen molar-refractivity contribution in [3.05, 3.63) is 30.3 Å². The van der Waals surface area contributed by atoms with E-state index in [0.29, 0.717) is 12.0 Å². The number of nitrogens with zero attached hydrogens (tertiary/aromatic N) is 1. The minimum Gasteiger partial charge on any atom is -0.484 e. The molecule has 1 aromatic rings. The monoisotopic (exact) mass is 288 g/mol. The molecule has 1 aliphatic heterocycles. The molecule has 2 fully saturated rings. The number of ether oxygens (including phenoxy) is 1. The highest BCUT2D eigenvalue weighted by Crippen LogP contribution is 2.28. The number of carbonyl (C=O) groups is 1. The molecule has 1 unspecified atom stereocenters. The summed E-state index contributed by atoms with van der Waals surface area (Å²) in [6.45, 7) is 3.19. The highest BCUT2D eigenvalue weighted by Gasteiger charge is 2.34. The summed E-state index contributed by atoms with van der Waals surface area (Å²) < 4.78 is 5.61. The third kappa shape index (κ3) is 4.21. The van der Waals surface area contributed by atoms with Gasteiger partial charge in [-0.25, -0.2) is 0 Å². The van der Waals surface area contributed by atoms with Crippen molar-refractivity contribution in [1.29, 1.82) is 0 Å². The number of nitrogens with one attached hydrogen (secondary N) is 1. The summed E-state index contributed by atoms with van der Waals surface area (Å²) in [4.78, 5) is 14.5. The Kier molecular flexibility index (Phi) is 4.76. The van der Waals surface area contributed by atoms with Crippen LogP contribution in [0.1, 0.15) is 25.7 Å². The lowest BCUT2D eigenvalue weighted by Crippen LogP contribution is -2.43. The molecule has 0 aromatic heterocycles. The number of carbonyl (C=O) groups excluding carboxylic acids is 1. The standard InChI is InChI=1S/C17H24N2O2/c20-17(13-21-16-6-2-1-3-7-16)19(15-8-9-15)12-14-5-4-10-18-11-14/h1-3,6-7,14-15,18H,4-5,8-13H2. The molecule has 1 heterocycles. The molecule has 2 aliphatic rings. The number of benzene rings is 1. The number of amides is 1. The number of para-hydroxylation sites is 1. The van der Waals surface area contributed by atoms with Gasteiger partial charge < -0.3 is 15.0 Å². The van der Waals surface area contributed by atoms with Crippen molar-refractivity contribution in [1.82, 2.24) is 10.2 Å². The van der Waals surface area contributed by atoms with Gasteiger partial charge >= 0.3 is 0 Å². The zero-order valence-electron chi connectivity index (χ0n) is 12.5. The molecule has 1 atom stereocenters. The molecule has 1 aliphatic carbocycles. The van der Waals surface area contributed by atoms with E-state index in [1.165, 1.54) is 12.8 Å². The highest BCUT2D eigenvalue weighted by atomic mass is 16.5. The summed E-state index contributed by atoms with van der Waals surface area (Å²) in [5.41, 5.74) is 0. The predicted molar refractivity (Wildman–Crippen MR) is 82.3 cm³/mol. The molecule has 3 rings (SSSR count). The number of hydrogen-bond donors (Lipinski definition) is 1. The number of hydrogen-bond acceptors (Lipinski definition) is 3. The maximum Gasteiger partial charge on any atom is 0.260 e. The second-order valence-corrected chi connectivity index (χ2v) is 6.09. The Morgan fingerprint density at radius 2 is 2.05 bits per heavy atom. The van der Waals surface area contributed by atoms with Crippen molar-refractivity contribution in [2.75, 3.05) is 26.2 Å². The van der Waals surface area contributed by atoms with Gasteiger partial charge in [-0.1, -0.05) is 18.2 Å². The van der Waals surface area contributed by atoms with Crippen LogP contribution in [0.4, 0.5) is 0 Å². The molecule has 1 saturated heterocycles. The van der Waals surface area contributed by atoms with Crippen LogP contribution in [-0.4, -0.2) is 43.1 Å². The maximum atomic E-state index is 12.5. The predicted octanol–water partition coefficient (Wildman–Crippen LogP) is 2.06. The van der Waals surface area contributed by atoms with Gasteiger partial charge in [0.05, 0.1) is 0 Å². The van der Waals surface area contributed by atoms with Crippen molar-refractivity contribution in [2.24, 2.45) is 5.92 Å². The summed E-state index contributed by atoms with van der Waals surface area (Å²) >= 11 is 0. The van der Waals surface area contributed by atoms with E-state index in [1.54, 1.807) is 0 Å². The first kappa shape index (κ1) is 14.4. The Labute approximate surface area is 126 Å². The molecule has 0 spiro atoms. The van der Waals surface area contributed by atoms with Crippen LogP contribution in [0.25, 0.3) is 0 Å². The molecule has 0 radical (unpaired) electrons. The molecule has 1 amide bonds. The lowest BCUT2D eigenvalue weighted by molar-refractivity contribution is -0.134. The van der Waals surface area contributed by atoms with E-state index in [-0.39, 0.29) is 12.5 Å². The summed E-state index contributed by atoms with van der Waals surface area (Å²) in [5.74, 6) is 1.49. The highest BCUT2D eigenvalue weighted by molar-refractivity contribution is 5.78. The van der Waals surface area contributed by atoms with Crippen LogP contribution in [0.15, 0.2) is 30.3 Å². The van der Waals surface area contributed by atoms with Crippen LogP contribution in [0.2, 0.25) is 0 Å². The van der Waals surface area contributed by atoms with Gasteiger partial charge in [-0.05, 0) is 56.8 Å². The largest absolute Gasteiger partial charge is 0.484 e. The van der Waals surface area contributed by atoms with Crippen molar-refractivity contribution >= 4 is 5.91 Å². The van der Waals surface area contributed by atoms with Crippen LogP contribution in [0.5, 0.6) is 5.75 Å². The second kappa shape index (κ2) is 6.94. The molecule has 1 saturated carbocycles. The first-order valence-corrected chi connectivity index (χ1v) is 8.01. The van der Waals surface area contributed by atoms with Crippen molar-refractivity contribution in [3.8, 4) is 5.75 Å². The van der Waals surface area contributed by atoms with Crippen LogP contribution in [-0.2, 0) is 4.79 Å². The third-order valence-corrected chi connectivity index (χ3v) is 4.27. The topological polar surface area (TPSA) is 41.6 Å². The molecular weight excluding hydrogens is 264 g/mol. The molecule has 1 N–H and O–H groups in total. The zero-order chi connectivity index (χ0) is 14.5. The fourth-order valence-electron chi connectivity index (χ4n) is 2.94. The Hall–Kier alpha value is -1.55. The fourth-order valence-corrected chi connectivity index (χ4v) is 2.94. The number of piperidine rings is 1. The normalized spacial score (nSPS) is 21.8. The number of rotatable bonds is 6. The van der Waals surface area contributed by atoms with Gasteiger partial charge in [0.25, 0.3) is 5.91 Å². The van der Waals surface area contributed by atoms with Crippen molar-refractivity contribution < 1.29 is 9.53 Å². The van der Waals surface area contributed by atoms with E-state index in [0.717, 1.165) is 38.2 Å². The molecule has 21 heavy (non-hydrogen) atoms. The quantitative estimate of drug-likeness (QED) is 0.871. The van der Waals surface area contributed by atoms with E-state index < -0.39 is 0 Å². The SMILES string of the molecule is O=C(COc1ccccc1)N(CC1CCCNC1)C1CC1. The summed E-state index contributed by atoms with van der Waals surface area (Å²) in [7, 11) is 0. The van der Waals surface area contributed by atoms with E-state index in [1.807, 2.05) is 30.3 Å². The van der Waals surface area contributed by atoms with Crippen molar-refractivity contribution in [3.63, 3.8) is 0 Å². The van der Waals surface area contributed by atoms with Gasteiger partial charge in [0.15, 0.2) is 6.61 Å². The van der Waals surface area contributed by atoms with E-state index >= 15 is 0 Å². The third-order valence-electron chi connectivity index (χ3n) is 4.27. The van der Waals surface area contributed by atoms with Crippen LogP contribution in [0, 0.1) is 5.92 Å². The average Bonchev–Trinajstić information content (AvgIpc) is 3.37. The summed E-state index contributed by atoms with van der Waals surface area (Å²) in [6.07, 6.45) is 4.75. The van der Waals surface area contributed by atoms with Crippen LogP contribution < -0.4 is 10.1 Å². The van der Waals surface area contributed by atoms with Crippen LogP contribution >= 0.6 is 0 Å². The van der Waals surface area contributed by atoms with E-state index in [9.17, 15) is 4.79 Å². The molecule has 4 heteroatoms. The fraction of sp³-hybridized carbons (Fsp3) is 0.588. The Morgan fingerprint density at radius 3 is 2.71 bits per heavy atom. The first-order valence-electron chi connectivity index (χ1n) is 8.01. The van der Waals surface area contributed by atoms with Crippen molar-refractivity contribution in [2.45, 2.75) is 31.7 Å². The molecule has 114 valence electrons. The van der Waals surface area contributed by atoms with Gasteiger partial charge in [-0.15, -0.1) is 0 Å². The molecule has 0 bridgehead atoms. The molecule has 4 nitrogen and oxygen atoms in total. The van der Waals surface area contributed by atoms with Gasteiger partial charge in [-0.3, -0.25) is 4.79 Å². The Bertz CT molecular complexity index is 453. The minimum absolute atomic E-state index is 0.131. The second-order valence-electron chi connectivity index (χ2n) is 6.09. The van der Waals surface area contributed by atoms with Gasteiger partial charge in [0.2, 0.25) is 0 Å². The Morgan fingerprint density at radius 1 is 1.24 bits per heavy atom. The average molecular weight is 288 g/mol. The zero-order valence-corrected chi connectivity index (χ0v) is 12.5. The first-order chi connectivity index (χ1) is 10.3. The lowest BCUT2D eigenvalue weighted by atomic mass is 9.99. The maximum absolute atomic E-state index is 12.5. The smallest absolute Gasteiger partial charge is 0.260 e. The summed E-state index contributed by atoms with van der Waals surface area (Å²) in [6, 6.07) is 10.0. The molecular formula is C17H24N2O2.